The van der Waals surface area contributed by atoms with Gasteiger partial charge in [-0.25, -0.2) is 0 Å². The topological polar surface area (TPSA) is 46.5 Å². The monoisotopic (exact) mass is 302 g/mol. The van der Waals surface area contributed by atoms with Crippen molar-refractivity contribution >= 4 is 5.97 Å². The average molecular weight is 302 g/mol. The Morgan fingerprint density at radius 1 is 1.23 bits per heavy atom. The van der Waals surface area contributed by atoms with E-state index in [4.69, 9.17) is 4.74 Å². The van der Waals surface area contributed by atoms with Crippen molar-refractivity contribution in [2.45, 2.75) is 63.2 Å². The highest BCUT2D eigenvalue weighted by atomic mass is 16.5. The number of carboxylic acid groups (broad SMARTS) is 1. The predicted octanol–water partition coefficient (Wildman–Crippen LogP) is 4.71. The summed E-state index contributed by atoms with van der Waals surface area (Å²) < 4.78 is 5.57. The second-order valence-electron chi connectivity index (χ2n) is 6.88. The third-order valence-electron chi connectivity index (χ3n) is 5.31. The molecular weight excluding hydrogens is 276 g/mol. The minimum absolute atomic E-state index is 0.172. The lowest BCUT2D eigenvalue weighted by atomic mass is 9.81. The molecule has 0 heterocycles. The first-order valence-electron chi connectivity index (χ1n) is 8.58. The summed E-state index contributed by atoms with van der Waals surface area (Å²) in [7, 11) is 1.73. The molecular formula is C19H26O3. The Balaban J connectivity index is 1.89. The summed E-state index contributed by atoms with van der Waals surface area (Å²) in [5, 5.41) is 9.22. The number of carboxylic acids is 1. The van der Waals surface area contributed by atoms with Gasteiger partial charge < -0.3 is 9.84 Å². The molecule has 2 aliphatic carbocycles. The molecule has 2 fully saturated rings. The molecule has 2 aliphatic rings. The summed E-state index contributed by atoms with van der Waals surface area (Å²) >= 11 is 0. The number of ether oxygens (including phenoxy) is 1. The fourth-order valence-corrected chi connectivity index (χ4v) is 3.96. The normalized spacial score (nSPS) is 20.6. The highest BCUT2D eigenvalue weighted by Crippen LogP contribution is 2.46. The Kier molecular flexibility index (Phi) is 4.70. The number of hydrogen-bond donors (Lipinski definition) is 1. The highest BCUT2D eigenvalue weighted by molar-refractivity contribution is 5.68. The molecule has 3 nitrogen and oxygen atoms in total. The molecule has 0 amide bonds. The smallest absolute Gasteiger partial charge is 0.303 e. The first-order chi connectivity index (χ1) is 10.7. The summed E-state index contributed by atoms with van der Waals surface area (Å²) in [6, 6.07) is 6.38. The van der Waals surface area contributed by atoms with Gasteiger partial charge in [0.05, 0.1) is 13.5 Å². The Morgan fingerprint density at radius 3 is 2.55 bits per heavy atom. The number of rotatable bonds is 6. The molecule has 1 unspecified atom stereocenters. The molecule has 3 heteroatoms. The van der Waals surface area contributed by atoms with E-state index in [1.807, 2.05) is 0 Å². The summed E-state index contributed by atoms with van der Waals surface area (Å²) in [4.78, 5) is 11.2. The Bertz CT molecular complexity index is 527. The fraction of sp³-hybridized carbons (Fsp3) is 0.632. The number of benzene rings is 1. The minimum atomic E-state index is -0.688. The lowest BCUT2D eigenvalue weighted by Gasteiger charge is -2.25. The molecule has 1 N–H and O–H groups in total. The summed E-state index contributed by atoms with van der Waals surface area (Å²) in [6.07, 6.45) is 8.97. The van der Waals surface area contributed by atoms with Crippen LogP contribution in [-0.2, 0) is 4.79 Å². The molecule has 0 aromatic heterocycles. The van der Waals surface area contributed by atoms with Crippen molar-refractivity contribution in [3.05, 3.63) is 29.3 Å². The van der Waals surface area contributed by atoms with Crippen LogP contribution in [0.1, 0.15) is 74.3 Å². The van der Waals surface area contributed by atoms with E-state index in [-0.39, 0.29) is 12.3 Å². The summed E-state index contributed by atoms with van der Waals surface area (Å²) in [5.41, 5.74) is 2.50. The van der Waals surface area contributed by atoms with E-state index in [1.54, 1.807) is 7.11 Å². The number of aliphatic carboxylic acids is 1. The van der Waals surface area contributed by atoms with Crippen LogP contribution in [0.5, 0.6) is 5.75 Å². The maximum absolute atomic E-state index is 11.2. The van der Waals surface area contributed by atoms with Crippen LogP contribution in [0.15, 0.2) is 18.2 Å². The maximum Gasteiger partial charge on any atom is 0.303 e. The van der Waals surface area contributed by atoms with Crippen LogP contribution >= 0.6 is 0 Å². The number of methoxy groups -OCH3 is 1. The minimum Gasteiger partial charge on any atom is -0.496 e. The van der Waals surface area contributed by atoms with Crippen molar-refractivity contribution in [1.29, 1.82) is 0 Å². The number of carbonyl (C=O) groups is 1. The van der Waals surface area contributed by atoms with Crippen molar-refractivity contribution in [3.63, 3.8) is 0 Å². The predicted molar refractivity (Wildman–Crippen MR) is 86.5 cm³/mol. The molecule has 1 aromatic carbocycles. The fourth-order valence-electron chi connectivity index (χ4n) is 3.96. The van der Waals surface area contributed by atoms with E-state index in [1.165, 1.54) is 56.1 Å². The lowest BCUT2D eigenvalue weighted by molar-refractivity contribution is -0.137. The van der Waals surface area contributed by atoms with Gasteiger partial charge in [0.25, 0.3) is 0 Å². The Labute approximate surface area is 132 Å². The van der Waals surface area contributed by atoms with E-state index >= 15 is 0 Å². The zero-order valence-corrected chi connectivity index (χ0v) is 13.4. The first-order valence-corrected chi connectivity index (χ1v) is 8.58. The van der Waals surface area contributed by atoms with Gasteiger partial charge in [-0.05, 0) is 60.6 Å². The second kappa shape index (κ2) is 6.72. The molecule has 2 saturated carbocycles. The quantitative estimate of drug-likeness (QED) is 0.827. The van der Waals surface area contributed by atoms with Gasteiger partial charge >= 0.3 is 5.97 Å². The standard InChI is InChI=1S/C19H26O3/c1-22-18-10-9-15(16(12-19(20)21)14-7-8-14)11-17(18)13-5-3-2-4-6-13/h9-11,13-14,16H,2-8,12H2,1H3,(H,20,21). The van der Waals surface area contributed by atoms with Crippen LogP contribution in [0.3, 0.4) is 0 Å². The van der Waals surface area contributed by atoms with Gasteiger partial charge in [-0.15, -0.1) is 0 Å². The Morgan fingerprint density at radius 2 is 1.95 bits per heavy atom. The molecule has 120 valence electrons. The highest BCUT2D eigenvalue weighted by Gasteiger charge is 2.34. The maximum atomic E-state index is 11.2. The van der Waals surface area contributed by atoms with Crippen LogP contribution in [0.25, 0.3) is 0 Å². The van der Waals surface area contributed by atoms with Crippen molar-refractivity contribution in [2.24, 2.45) is 5.92 Å². The van der Waals surface area contributed by atoms with Crippen LogP contribution in [0, 0.1) is 5.92 Å². The zero-order valence-electron chi connectivity index (χ0n) is 13.4. The largest absolute Gasteiger partial charge is 0.496 e. The van der Waals surface area contributed by atoms with Crippen LogP contribution < -0.4 is 4.74 Å². The summed E-state index contributed by atoms with van der Waals surface area (Å²) in [5.74, 6) is 1.59. The number of hydrogen-bond acceptors (Lipinski definition) is 2. The molecule has 0 saturated heterocycles. The van der Waals surface area contributed by atoms with E-state index in [0.29, 0.717) is 11.8 Å². The molecule has 1 atom stereocenters. The van der Waals surface area contributed by atoms with Crippen LogP contribution in [0.2, 0.25) is 0 Å². The third kappa shape index (κ3) is 3.45. The van der Waals surface area contributed by atoms with E-state index < -0.39 is 5.97 Å². The van der Waals surface area contributed by atoms with Gasteiger partial charge in [-0.1, -0.05) is 31.4 Å². The lowest BCUT2D eigenvalue weighted by Crippen LogP contribution is -2.11. The van der Waals surface area contributed by atoms with Gasteiger partial charge in [-0.3, -0.25) is 4.79 Å². The average Bonchev–Trinajstić information content (AvgIpc) is 3.37. The van der Waals surface area contributed by atoms with Gasteiger partial charge in [0.1, 0.15) is 5.75 Å². The molecule has 0 bridgehead atoms. The SMILES string of the molecule is COc1ccc(C(CC(=O)O)C2CC2)cc1C1CCCCC1. The van der Waals surface area contributed by atoms with E-state index in [9.17, 15) is 9.90 Å². The van der Waals surface area contributed by atoms with Crippen molar-refractivity contribution < 1.29 is 14.6 Å². The van der Waals surface area contributed by atoms with Crippen molar-refractivity contribution in [1.82, 2.24) is 0 Å². The van der Waals surface area contributed by atoms with Gasteiger partial charge in [0.15, 0.2) is 0 Å². The molecule has 0 radical (unpaired) electrons. The van der Waals surface area contributed by atoms with Gasteiger partial charge in [-0.2, -0.15) is 0 Å². The van der Waals surface area contributed by atoms with Crippen molar-refractivity contribution in [3.8, 4) is 5.75 Å². The molecule has 22 heavy (non-hydrogen) atoms. The first kappa shape index (κ1) is 15.4. The zero-order chi connectivity index (χ0) is 15.5. The van der Waals surface area contributed by atoms with Gasteiger partial charge in [0, 0.05) is 0 Å². The second-order valence-corrected chi connectivity index (χ2v) is 6.88. The summed E-state index contributed by atoms with van der Waals surface area (Å²) in [6.45, 7) is 0. The molecule has 1 aromatic rings. The van der Waals surface area contributed by atoms with E-state index in [2.05, 4.69) is 18.2 Å². The van der Waals surface area contributed by atoms with Crippen molar-refractivity contribution in [2.75, 3.05) is 7.11 Å². The third-order valence-corrected chi connectivity index (χ3v) is 5.31. The molecule has 3 rings (SSSR count). The van der Waals surface area contributed by atoms with E-state index in [0.717, 1.165) is 5.75 Å². The molecule has 0 aliphatic heterocycles. The van der Waals surface area contributed by atoms with Crippen LogP contribution in [-0.4, -0.2) is 18.2 Å². The van der Waals surface area contributed by atoms with Crippen LogP contribution in [0.4, 0.5) is 0 Å². The Hall–Kier alpha value is -1.51. The van der Waals surface area contributed by atoms with Gasteiger partial charge in [0.2, 0.25) is 0 Å². The molecule has 0 spiro atoms.